The van der Waals surface area contributed by atoms with Crippen molar-refractivity contribution in [3.63, 3.8) is 0 Å². The second-order valence-electron chi connectivity index (χ2n) is 35.9. The molecule has 598 valence electrons. The highest BCUT2D eigenvalue weighted by atomic mass is 16.7. The van der Waals surface area contributed by atoms with Crippen LogP contribution >= 0.6 is 0 Å². The van der Waals surface area contributed by atoms with Gasteiger partial charge in [0.05, 0.1) is 25.4 Å². The Morgan fingerprint density at radius 3 is 1.12 bits per heavy atom. The number of carbonyl (C=O) groups is 2. The van der Waals surface area contributed by atoms with E-state index in [1.807, 2.05) is 0 Å². The van der Waals surface area contributed by atoms with Crippen molar-refractivity contribution in [1.82, 2.24) is 35.2 Å². The van der Waals surface area contributed by atoms with Crippen LogP contribution in [0.1, 0.15) is 387 Å². The minimum atomic E-state index is -0.201. The lowest BCUT2D eigenvalue weighted by Crippen LogP contribution is -2.62. The molecule has 7 rings (SSSR count). The van der Waals surface area contributed by atoms with E-state index in [0.717, 1.165) is 180 Å². The summed E-state index contributed by atoms with van der Waals surface area (Å²) in [6.07, 6.45) is 47.0. The Kier molecular flexibility index (Phi) is 39.0. The van der Waals surface area contributed by atoms with E-state index in [2.05, 4.69) is 146 Å². The first-order valence-electron chi connectivity index (χ1n) is 43.0. The van der Waals surface area contributed by atoms with E-state index in [1.54, 1.807) is 0 Å². The molecule has 2 saturated carbocycles. The van der Waals surface area contributed by atoms with Gasteiger partial charge < -0.3 is 29.7 Å². The maximum Gasteiger partial charge on any atom is 0.306 e. The van der Waals surface area contributed by atoms with Crippen LogP contribution in [0.3, 0.4) is 0 Å². The third-order valence-corrected chi connectivity index (χ3v) is 23.1. The monoisotopic (exact) mass is 1450 g/mol. The van der Waals surface area contributed by atoms with E-state index in [4.69, 9.17) is 43.8 Å². The highest BCUT2D eigenvalue weighted by molar-refractivity contribution is 5.70. The third-order valence-electron chi connectivity index (χ3n) is 23.1. The number of aromatic nitrogens is 3. The lowest BCUT2D eigenvalue weighted by molar-refractivity contribution is -0.293. The van der Waals surface area contributed by atoms with Crippen LogP contribution < -0.4 is 15.1 Å². The fourth-order valence-corrected chi connectivity index (χ4v) is 17.9. The van der Waals surface area contributed by atoms with Gasteiger partial charge >= 0.3 is 11.9 Å². The molecule has 2 atom stereocenters. The van der Waals surface area contributed by atoms with Crippen molar-refractivity contribution in [3.8, 4) is 0 Å². The van der Waals surface area contributed by atoms with Crippen molar-refractivity contribution in [1.29, 1.82) is 0 Å². The van der Waals surface area contributed by atoms with Gasteiger partial charge in [-0.1, -0.05) is 169 Å². The van der Waals surface area contributed by atoms with Gasteiger partial charge in [-0.15, -0.1) is 0 Å². The zero-order valence-corrected chi connectivity index (χ0v) is 69.3. The molecular weight excluding hydrogens is 1290 g/mol. The van der Waals surface area contributed by atoms with Crippen LogP contribution in [0.25, 0.3) is 0 Å². The number of hydrogen-bond donors (Lipinski definition) is 2. The van der Waals surface area contributed by atoms with Gasteiger partial charge in [-0.25, -0.2) is 0 Å². The van der Waals surface area contributed by atoms with Gasteiger partial charge in [0.2, 0.25) is 17.8 Å². The molecule has 103 heavy (non-hydrogen) atoms. The minimum Gasteiger partial charge on any atom is -0.462 e. The predicted molar refractivity (Wildman–Crippen MR) is 422 cm³/mol. The second-order valence-corrected chi connectivity index (χ2v) is 35.9. The summed E-state index contributed by atoms with van der Waals surface area (Å²) in [4.78, 5) is 72.2. The quantitative estimate of drug-likeness (QED) is 0.0464. The fraction of sp³-hybridized carbons (Fsp3) is 0.940. The van der Waals surface area contributed by atoms with Crippen molar-refractivity contribution < 1.29 is 43.5 Å². The number of piperidine rings is 4. The molecule has 2 aliphatic carbocycles. The first kappa shape index (κ1) is 88.9. The first-order valence-corrected chi connectivity index (χ1v) is 43.0. The van der Waals surface area contributed by atoms with Gasteiger partial charge in [-0.3, -0.25) is 28.9 Å². The van der Waals surface area contributed by atoms with Gasteiger partial charge in [-0.2, -0.15) is 35.2 Å². The highest BCUT2D eigenvalue weighted by Gasteiger charge is 2.50. The van der Waals surface area contributed by atoms with Crippen LogP contribution in [0, 0.1) is 0 Å². The van der Waals surface area contributed by atoms with E-state index in [0.29, 0.717) is 56.0 Å². The zero-order valence-electron chi connectivity index (χ0n) is 69.3. The molecule has 0 spiro atoms. The largest absolute Gasteiger partial charge is 0.462 e. The van der Waals surface area contributed by atoms with Crippen LogP contribution in [0.15, 0.2) is 0 Å². The van der Waals surface area contributed by atoms with Gasteiger partial charge in [-0.05, 0) is 179 Å². The number of unbranched alkanes of at least 4 members (excludes halogenated alkanes) is 17. The zero-order chi connectivity index (χ0) is 74.9. The number of anilines is 3. The van der Waals surface area contributed by atoms with Crippen LogP contribution in [0.5, 0.6) is 0 Å². The summed E-state index contributed by atoms with van der Waals surface area (Å²) in [6, 6.07) is 0.614. The molecule has 0 amide bonds. The van der Waals surface area contributed by atoms with Crippen molar-refractivity contribution in [3.05, 3.63) is 0 Å². The molecule has 2 N–H and O–H groups in total. The molecule has 0 aromatic carbocycles. The smallest absolute Gasteiger partial charge is 0.306 e. The molecule has 6 aliphatic rings. The number of aliphatic hydroxyl groups excluding tert-OH is 1. The number of nitrogens with zero attached hydrogens (tertiary/aromatic N) is 9. The second kappa shape index (κ2) is 45.2. The summed E-state index contributed by atoms with van der Waals surface area (Å²) in [5.74, 6) is 2.01. The number of rotatable bonds is 45. The van der Waals surface area contributed by atoms with E-state index in [9.17, 15) is 14.7 Å². The van der Waals surface area contributed by atoms with Gasteiger partial charge in [0, 0.05) is 123 Å². The fourth-order valence-electron chi connectivity index (χ4n) is 17.9. The van der Waals surface area contributed by atoms with E-state index < -0.39 is 0 Å². The molecule has 19 nitrogen and oxygen atoms in total. The van der Waals surface area contributed by atoms with Crippen LogP contribution in [-0.2, 0) is 38.4 Å². The summed E-state index contributed by atoms with van der Waals surface area (Å²) in [7, 11) is 0. The summed E-state index contributed by atoms with van der Waals surface area (Å²) in [6.45, 7) is 41.9. The molecule has 1 aromatic heterocycles. The summed E-state index contributed by atoms with van der Waals surface area (Å²) >= 11 is 0. The average Bonchev–Trinajstić information content (AvgIpc) is 0.785. The first-order chi connectivity index (χ1) is 49.2. The third kappa shape index (κ3) is 30.4. The van der Waals surface area contributed by atoms with Crippen molar-refractivity contribution in [2.45, 2.75) is 457 Å². The van der Waals surface area contributed by atoms with Crippen molar-refractivity contribution in [2.75, 3.05) is 67.7 Å². The van der Waals surface area contributed by atoms with Crippen LogP contribution in [0.2, 0.25) is 0 Å². The topological polar surface area (TPSA) is 180 Å². The van der Waals surface area contributed by atoms with E-state index in [-0.39, 0.29) is 64.0 Å². The molecule has 5 heterocycles. The Morgan fingerprint density at radius 2 is 0.767 bits per heavy atom. The molecule has 4 aliphatic heterocycles. The molecule has 2 unspecified atom stereocenters. The highest BCUT2D eigenvalue weighted by Crippen LogP contribution is 2.43. The number of esters is 2. The lowest BCUT2D eigenvalue weighted by atomic mass is 9.80. The number of carbonyl (C=O) groups excluding carboxylic acids is 2. The van der Waals surface area contributed by atoms with Crippen LogP contribution in [-0.4, -0.2) is 175 Å². The maximum atomic E-state index is 12.8. The molecule has 4 saturated heterocycles. The number of hydrogen-bond acceptors (Lipinski definition) is 19. The Labute approximate surface area is 629 Å². The molecule has 19 heteroatoms. The summed E-state index contributed by atoms with van der Waals surface area (Å²) in [5.41, 5.74) is -0.979. The number of hydroxylamine groups is 8. The number of aliphatic hydroxyl groups is 1. The summed E-state index contributed by atoms with van der Waals surface area (Å²) in [5, 5.41) is 22.0. The Morgan fingerprint density at radius 1 is 0.417 bits per heavy atom. The Bertz CT molecular complexity index is 2300. The molecule has 0 bridgehead atoms. The summed E-state index contributed by atoms with van der Waals surface area (Å²) < 4.78 is 12.0. The van der Waals surface area contributed by atoms with Crippen molar-refractivity contribution in [2.24, 2.45) is 0 Å². The van der Waals surface area contributed by atoms with Crippen LogP contribution in [0.4, 0.5) is 17.8 Å². The molecular formula is C84H158N10O9. The predicted octanol–water partition coefficient (Wildman–Crippen LogP) is 19.7. The molecule has 6 fully saturated rings. The molecule has 1 aromatic rings. The molecule has 0 radical (unpaired) electrons. The van der Waals surface area contributed by atoms with Crippen molar-refractivity contribution >= 4 is 29.8 Å². The average molecular weight is 1450 g/mol. The van der Waals surface area contributed by atoms with Gasteiger partial charge in [0.1, 0.15) is 12.2 Å². The Balaban J connectivity index is 0.000000324. The minimum absolute atomic E-state index is 0.0812. The normalized spacial score (nSPS) is 22.8. The SMILES string of the molecule is CCCCCCCCON1C(C)(C)CC(OC(=O)CCCCCCCCC(=O)OC2CC(C)(C)N(OCCCCCCCC)C(C)(C)C2)CC1(C)C.CCCCN(c1nc(NCCCO)nc(N(CCCC)C2CCN(OC3CCCCC3)C(C)(C)C2)n1)C1CCN(OC2CCCCC2)C(C)(C)C1. The Hall–Kier alpha value is -3.01. The van der Waals surface area contributed by atoms with Gasteiger partial charge in [0.15, 0.2) is 0 Å². The number of nitrogens with one attached hydrogen (secondary N) is 1. The lowest BCUT2D eigenvalue weighted by Gasteiger charge is -2.53. The van der Waals surface area contributed by atoms with Gasteiger partial charge in [0.25, 0.3) is 0 Å². The van der Waals surface area contributed by atoms with E-state index >= 15 is 0 Å². The maximum absolute atomic E-state index is 12.8. The standard InChI is InChI=1S/C44H84N2O6.C40H74N8O3/c1-11-13-15-17-23-27-31-49-45-41(3,4)33-37(34-42(45,5)6)51-39(47)29-25-21-19-20-22-26-30-40(48)52-38-35-43(7,8)46(44(9,10)36-38)50-32-28-24-18-16-14-12-2;1-7-9-25-45(32-22-27-47(39(3,4)30-32)50-34-18-13-11-14-19-34)37-42-36(41-24-17-29-49)43-38(44-37)46(26-10-8-2)33-23-28-48(40(5,6)31-33)51-35-20-15-12-16-21-35/h37-38H,11-36H2,1-10H3;32-35,49H,7-31H2,1-6H3,(H,41,42,43,44). The van der Waals surface area contributed by atoms with E-state index in [1.165, 1.54) is 128 Å². The number of ether oxygens (including phenoxy) is 2.